The second kappa shape index (κ2) is 7.67. The van der Waals surface area contributed by atoms with Crippen molar-refractivity contribution in [2.75, 3.05) is 0 Å². The summed E-state index contributed by atoms with van der Waals surface area (Å²) in [5.41, 5.74) is -0.472. The molecule has 37 heavy (non-hydrogen) atoms. The SMILES string of the molecule is [C-]#[N+]C1=C[C@]2(C)C3=CC(=O)[C@@H]4[C@@H]5CC(C)(C)CC[C@]5(NC(C)=O)CC[C@@]4(C)[C@]3(C)CC[C@H]2C(C)(C)C1=O. The molecular formula is C32H44N2O3. The highest BCUT2D eigenvalue weighted by molar-refractivity contribution is 6.03. The Kier molecular flexibility index (Phi) is 5.47. The van der Waals surface area contributed by atoms with Crippen molar-refractivity contribution < 1.29 is 14.4 Å². The van der Waals surface area contributed by atoms with Gasteiger partial charge in [-0.3, -0.25) is 9.59 Å². The Hall–Kier alpha value is -2.22. The average molecular weight is 505 g/mol. The van der Waals surface area contributed by atoms with Gasteiger partial charge < -0.3 is 10.1 Å². The normalized spacial score (nSPS) is 45.6. The van der Waals surface area contributed by atoms with Crippen molar-refractivity contribution in [2.24, 2.45) is 44.8 Å². The van der Waals surface area contributed by atoms with Crippen molar-refractivity contribution >= 4 is 17.5 Å². The first-order valence-electron chi connectivity index (χ1n) is 14.2. The van der Waals surface area contributed by atoms with E-state index in [9.17, 15) is 14.4 Å². The predicted octanol–water partition coefficient (Wildman–Crippen LogP) is 6.45. The number of allylic oxidation sites excluding steroid dienone is 4. The lowest BCUT2D eigenvalue weighted by atomic mass is 9.35. The smallest absolute Gasteiger partial charge is 0.226 e. The Morgan fingerprint density at radius 1 is 1.00 bits per heavy atom. The van der Waals surface area contributed by atoms with Gasteiger partial charge in [-0.2, -0.15) is 0 Å². The van der Waals surface area contributed by atoms with Gasteiger partial charge in [-0.25, -0.2) is 4.85 Å². The van der Waals surface area contributed by atoms with Crippen molar-refractivity contribution in [3.8, 4) is 0 Å². The van der Waals surface area contributed by atoms with Gasteiger partial charge in [0.05, 0.1) is 6.57 Å². The number of ketones is 2. The number of amides is 1. The minimum Gasteiger partial charge on any atom is -0.351 e. The second-order valence-corrected chi connectivity index (χ2v) is 15.1. The number of carbonyl (C=O) groups is 3. The zero-order valence-electron chi connectivity index (χ0n) is 24.0. The molecule has 5 aliphatic rings. The van der Waals surface area contributed by atoms with Crippen LogP contribution >= 0.6 is 0 Å². The molecule has 0 aromatic carbocycles. The summed E-state index contributed by atoms with van der Waals surface area (Å²) in [5, 5.41) is 3.38. The van der Waals surface area contributed by atoms with E-state index in [0.29, 0.717) is 0 Å². The van der Waals surface area contributed by atoms with Crippen molar-refractivity contribution in [1.29, 1.82) is 0 Å². The maximum absolute atomic E-state index is 14.4. The van der Waals surface area contributed by atoms with Gasteiger partial charge in [0.15, 0.2) is 11.6 Å². The molecule has 1 N–H and O–H groups in total. The van der Waals surface area contributed by atoms with Crippen LogP contribution in [-0.2, 0) is 14.4 Å². The standard InChI is InChI=1S/C32H44N2O3/c1-19(35)34-32-14-12-27(2,3)17-20(32)25-22(36)16-24-29(6)18-21(33-9)26(37)28(4,5)23(29)10-11-30(24,7)31(25,8)13-15-32/h16,18,20,23,25H,10-15,17H2,1-8H3,(H,34,35)/t20-,23-,25-,29-,30+,31+,32-/m0/s1. The molecule has 0 aromatic heterocycles. The highest BCUT2D eigenvalue weighted by Gasteiger charge is 2.69. The van der Waals surface area contributed by atoms with Crippen LogP contribution in [0.25, 0.3) is 4.85 Å². The molecule has 0 unspecified atom stereocenters. The van der Waals surface area contributed by atoms with E-state index in [-0.39, 0.29) is 62.7 Å². The lowest BCUT2D eigenvalue weighted by Crippen LogP contribution is -2.69. The van der Waals surface area contributed by atoms with Gasteiger partial charge in [0, 0.05) is 29.2 Å². The van der Waals surface area contributed by atoms with E-state index < -0.39 is 10.8 Å². The first-order chi connectivity index (χ1) is 17.0. The van der Waals surface area contributed by atoms with Gasteiger partial charge in [0.25, 0.3) is 0 Å². The van der Waals surface area contributed by atoms with Crippen LogP contribution in [0.4, 0.5) is 0 Å². The molecule has 0 aliphatic heterocycles. The number of hydrogen-bond donors (Lipinski definition) is 1. The Bertz CT molecular complexity index is 1200. The molecule has 0 saturated heterocycles. The highest BCUT2D eigenvalue weighted by Crippen LogP contribution is 2.73. The van der Waals surface area contributed by atoms with E-state index in [2.05, 4.69) is 44.8 Å². The maximum atomic E-state index is 14.4. The summed E-state index contributed by atoms with van der Waals surface area (Å²) in [5.74, 6) is 0.123. The van der Waals surface area contributed by atoms with Gasteiger partial charge in [-0.05, 0) is 79.1 Å². The van der Waals surface area contributed by atoms with Crippen LogP contribution in [0.2, 0.25) is 0 Å². The number of nitrogens with zero attached hydrogens (tertiary/aromatic N) is 1. The van der Waals surface area contributed by atoms with Gasteiger partial charge in [0.2, 0.25) is 11.6 Å². The number of hydrogen-bond acceptors (Lipinski definition) is 3. The van der Waals surface area contributed by atoms with Gasteiger partial charge in [-0.1, -0.05) is 60.1 Å². The third-order valence-corrected chi connectivity index (χ3v) is 12.3. The molecule has 0 heterocycles. The van der Waals surface area contributed by atoms with Crippen molar-refractivity contribution in [3.63, 3.8) is 0 Å². The molecule has 0 radical (unpaired) electrons. The minimum atomic E-state index is -0.646. The van der Waals surface area contributed by atoms with Gasteiger partial charge >= 0.3 is 0 Å². The first kappa shape index (κ1) is 26.4. The summed E-state index contributed by atoms with van der Waals surface area (Å²) in [7, 11) is 0. The Labute approximate surface area is 222 Å². The number of Topliss-reactive ketones (excluding diaryl/α,β-unsaturated/α-hetero) is 1. The summed E-state index contributed by atoms with van der Waals surface area (Å²) in [6.07, 6.45) is 10.4. The van der Waals surface area contributed by atoms with E-state index in [1.54, 1.807) is 6.92 Å². The fraction of sp³-hybridized carbons (Fsp3) is 0.750. The molecule has 5 rings (SSSR count). The third kappa shape index (κ3) is 3.29. The minimum absolute atomic E-state index is 0.00190. The molecule has 3 fully saturated rings. The molecule has 200 valence electrons. The quantitative estimate of drug-likeness (QED) is 0.417. The molecule has 0 bridgehead atoms. The molecule has 5 aliphatic carbocycles. The average Bonchev–Trinajstić information content (AvgIpc) is 2.78. The van der Waals surface area contributed by atoms with Crippen LogP contribution in [0, 0.1) is 51.4 Å². The molecule has 5 nitrogen and oxygen atoms in total. The van der Waals surface area contributed by atoms with Crippen LogP contribution in [0.5, 0.6) is 0 Å². The fourth-order valence-electron chi connectivity index (χ4n) is 10.2. The number of rotatable bonds is 1. The van der Waals surface area contributed by atoms with E-state index in [0.717, 1.165) is 50.5 Å². The summed E-state index contributed by atoms with van der Waals surface area (Å²) in [6, 6.07) is 0. The maximum Gasteiger partial charge on any atom is 0.226 e. The summed E-state index contributed by atoms with van der Waals surface area (Å²) < 4.78 is 0. The number of carbonyl (C=O) groups excluding carboxylic acids is 3. The zero-order chi connectivity index (χ0) is 27.4. The molecule has 5 heteroatoms. The predicted molar refractivity (Wildman–Crippen MR) is 144 cm³/mol. The fourth-order valence-corrected chi connectivity index (χ4v) is 10.2. The molecular weight excluding hydrogens is 460 g/mol. The lowest BCUT2D eigenvalue weighted by Gasteiger charge is -2.69. The summed E-state index contributed by atoms with van der Waals surface area (Å²) in [4.78, 5) is 43.7. The topological polar surface area (TPSA) is 67.6 Å². The van der Waals surface area contributed by atoms with Crippen molar-refractivity contribution in [1.82, 2.24) is 5.32 Å². The van der Waals surface area contributed by atoms with Gasteiger partial charge in [0.1, 0.15) is 0 Å². The van der Waals surface area contributed by atoms with Crippen LogP contribution < -0.4 is 5.32 Å². The number of fused-ring (bicyclic) bond motifs is 7. The Morgan fingerprint density at radius 3 is 2.27 bits per heavy atom. The zero-order valence-corrected chi connectivity index (χ0v) is 24.0. The largest absolute Gasteiger partial charge is 0.351 e. The van der Waals surface area contributed by atoms with Gasteiger partial charge in [-0.15, -0.1) is 0 Å². The molecule has 0 aromatic rings. The van der Waals surface area contributed by atoms with Crippen molar-refractivity contribution in [2.45, 2.75) is 106 Å². The second-order valence-electron chi connectivity index (χ2n) is 15.1. The highest BCUT2D eigenvalue weighted by atomic mass is 16.1. The molecule has 7 atom stereocenters. The molecule has 0 spiro atoms. The number of nitrogens with one attached hydrogen (secondary N) is 1. The molecule has 1 amide bonds. The monoisotopic (exact) mass is 504 g/mol. The van der Waals surface area contributed by atoms with Crippen molar-refractivity contribution in [3.05, 3.63) is 34.8 Å². The first-order valence-corrected chi connectivity index (χ1v) is 14.2. The Balaban J connectivity index is 1.69. The van der Waals surface area contributed by atoms with Crippen LogP contribution in [0.1, 0.15) is 100 Å². The Morgan fingerprint density at radius 2 is 1.65 bits per heavy atom. The van der Waals surface area contributed by atoms with Crippen LogP contribution in [0.3, 0.4) is 0 Å². The van der Waals surface area contributed by atoms with Crippen LogP contribution in [-0.4, -0.2) is 23.0 Å². The van der Waals surface area contributed by atoms with E-state index in [1.165, 1.54) is 0 Å². The van der Waals surface area contributed by atoms with E-state index in [1.807, 2.05) is 26.0 Å². The summed E-state index contributed by atoms with van der Waals surface area (Å²) in [6.45, 7) is 24.8. The lowest BCUT2D eigenvalue weighted by molar-refractivity contribution is -0.163. The van der Waals surface area contributed by atoms with E-state index >= 15 is 0 Å². The van der Waals surface area contributed by atoms with E-state index in [4.69, 9.17) is 6.57 Å². The summed E-state index contributed by atoms with van der Waals surface area (Å²) >= 11 is 0. The van der Waals surface area contributed by atoms with Crippen LogP contribution in [0.15, 0.2) is 23.4 Å². The third-order valence-electron chi connectivity index (χ3n) is 12.3. The molecule has 3 saturated carbocycles.